The van der Waals surface area contributed by atoms with Crippen LogP contribution in [0.4, 0.5) is 11.6 Å². The molecule has 0 unspecified atom stereocenters. The van der Waals surface area contributed by atoms with Gasteiger partial charge >= 0.3 is 5.97 Å². The number of H-pyrrole nitrogens is 2. The number of aromatic nitrogens is 3. The number of nitrogens with one attached hydrogen (secondary N) is 2. The molecule has 0 atom stereocenters. The number of hydrogen-bond donors (Lipinski definition) is 4. The molecule has 0 spiro atoms. The van der Waals surface area contributed by atoms with Crippen LogP contribution in [0.2, 0.25) is 5.02 Å². The summed E-state index contributed by atoms with van der Waals surface area (Å²) in [5.41, 5.74) is 8.23. The number of nitrogens with two attached hydrogens (primary N) is 1. The van der Waals surface area contributed by atoms with Gasteiger partial charge in [-0.25, -0.2) is 0 Å². The Balaban J connectivity index is 1.51. The van der Waals surface area contributed by atoms with E-state index in [1.54, 1.807) is 54.7 Å². The highest BCUT2D eigenvalue weighted by molar-refractivity contribution is 6.31. The predicted octanol–water partition coefficient (Wildman–Crippen LogP) is 3.00. The fraction of sp³-hybridized carbons (Fsp3) is 0.130. The zero-order valence-electron chi connectivity index (χ0n) is 17.3. The molecule has 33 heavy (non-hydrogen) atoms. The van der Waals surface area contributed by atoms with Crippen molar-refractivity contribution in [1.82, 2.24) is 15.0 Å². The van der Waals surface area contributed by atoms with Crippen LogP contribution >= 0.6 is 11.6 Å². The first-order valence-corrected chi connectivity index (χ1v) is 10.4. The van der Waals surface area contributed by atoms with Crippen LogP contribution < -0.4 is 16.2 Å². The van der Waals surface area contributed by atoms with Crippen molar-refractivity contribution in [2.24, 2.45) is 0 Å². The van der Waals surface area contributed by atoms with Crippen LogP contribution in [-0.2, 0) is 17.6 Å². The third kappa shape index (κ3) is 4.88. The van der Waals surface area contributed by atoms with Gasteiger partial charge in [0.2, 0.25) is 5.95 Å². The molecular weight excluding hydrogens is 446 g/mol. The molecule has 0 radical (unpaired) electrons. The molecule has 0 aliphatic rings. The van der Waals surface area contributed by atoms with E-state index in [4.69, 9.17) is 17.3 Å². The first-order valence-electron chi connectivity index (χ1n) is 10.1. The Kier molecular flexibility index (Phi) is 6.14. The van der Waals surface area contributed by atoms with E-state index in [1.807, 2.05) is 0 Å². The van der Waals surface area contributed by atoms with E-state index < -0.39 is 18.4 Å². The van der Waals surface area contributed by atoms with Crippen LogP contribution in [-0.4, -0.2) is 38.5 Å². The number of fused-ring (bicyclic) bond motifs is 1. The summed E-state index contributed by atoms with van der Waals surface area (Å²) in [6, 6.07) is 13.4. The molecule has 10 heteroatoms. The Morgan fingerprint density at radius 2 is 1.88 bits per heavy atom. The second-order valence-corrected chi connectivity index (χ2v) is 7.89. The van der Waals surface area contributed by atoms with E-state index in [0.717, 1.165) is 11.1 Å². The van der Waals surface area contributed by atoms with Gasteiger partial charge < -0.3 is 15.8 Å². The molecule has 4 rings (SSSR count). The van der Waals surface area contributed by atoms with E-state index in [0.29, 0.717) is 40.1 Å². The predicted molar refractivity (Wildman–Crippen MR) is 126 cm³/mol. The molecule has 2 aromatic carbocycles. The van der Waals surface area contributed by atoms with Gasteiger partial charge in [-0.2, -0.15) is 4.98 Å². The first kappa shape index (κ1) is 22.1. The smallest absolute Gasteiger partial charge is 0.323 e. The molecule has 0 saturated carbocycles. The van der Waals surface area contributed by atoms with Gasteiger partial charge in [-0.3, -0.25) is 24.3 Å². The number of hydrogen-bond acceptors (Lipinski definition) is 5. The standard InChI is InChI=1S/C23H20ClN5O4/c24-16-2-1-3-17(10-16)29(12-18(30)31)22(33)14-7-4-13(5-8-14)6-9-15-11-26-20-19(15)21(32)28-23(25)27-20/h1-5,7-8,10-11H,6,9,12H2,(H,30,31)(H4,25,26,27,28,32). The number of rotatable bonds is 7. The summed E-state index contributed by atoms with van der Waals surface area (Å²) in [5, 5.41) is 10.1. The van der Waals surface area contributed by atoms with Crippen molar-refractivity contribution in [2.45, 2.75) is 12.8 Å². The van der Waals surface area contributed by atoms with Crippen molar-refractivity contribution in [2.75, 3.05) is 17.2 Å². The van der Waals surface area contributed by atoms with Crippen LogP contribution in [0.15, 0.2) is 59.5 Å². The number of aliphatic carboxylic acids is 1. The number of benzene rings is 2. The third-order valence-corrected chi connectivity index (χ3v) is 5.42. The molecule has 0 bridgehead atoms. The van der Waals surface area contributed by atoms with Crippen LogP contribution in [0.5, 0.6) is 0 Å². The van der Waals surface area contributed by atoms with E-state index in [-0.39, 0.29) is 11.5 Å². The van der Waals surface area contributed by atoms with Crippen LogP contribution in [0.3, 0.4) is 0 Å². The Labute approximate surface area is 192 Å². The molecular formula is C23H20ClN5O4. The van der Waals surface area contributed by atoms with Gasteiger partial charge in [0.25, 0.3) is 11.5 Å². The van der Waals surface area contributed by atoms with Crippen molar-refractivity contribution < 1.29 is 14.7 Å². The number of amides is 1. The molecule has 0 saturated heterocycles. The first-order chi connectivity index (χ1) is 15.8. The minimum Gasteiger partial charge on any atom is -0.480 e. The van der Waals surface area contributed by atoms with Crippen molar-refractivity contribution in [1.29, 1.82) is 0 Å². The Morgan fingerprint density at radius 1 is 1.12 bits per heavy atom. The van der Waals surface area contributed by atoms with Crippen LogP contribution in [0.25, 0.3) is 11.0 Å². The summed E-state index contributed by atoms with van der Waals surface area (Å²) in [4.78, 5) is 47.3. The summed E-state index contributed by atoms with van der Waals surface area (Å²) in [5.74, 6) is -1.53. The number of carboxylic acids is 1. The fourth-order valence-electron chi connectivity index (χ4n) is 3.63. The van der Waals surface area contributed by atoms with Gasteiger partial charge in [-0.15, -0.1) is 0 Å². The van der Waals surface area contributed by atoms with E-state index >= 15 is 0 Å². The number of carbonyl (C=O) groups is 2. The van der Waals surface area contributed by atoms with E-state index in [2.05, 4.69) is 15.0 Å². The second-order valence-electron chi connectivity index (χ2n) is 7.45. The summed E-state index contributed by atoms with van der Waals surface area (Å²) >= 11 is 6.01. The molecule has 0 aliphatic carbocycles. The van der Waals surface area contributed by atoms with Gasteiger partial charge in [0.1, 0.15) is 12.2 Å². The highest BCUT2D eigenvalue weighted by atomic mass is 35.5. The molecule has 2 heterocycles. The summed E-state index contributed by atoms with van der Waals surface area (Å²) in [6.07, 6.45) is 2.94. The lowest BCUT2D eigenvalue weighted by atomic mass is 10.0. The topological polar surface area (TPSA) is 145 Å². The maximum atomic E-state index is 13.0. The minimum atomic E-state index is -1.13. The number of carbonyl (C=O) groups excluding carboxylic acids is 1. The molecule has 0 aliphatic heterocycles. The van der Waals surface area contributed by atoms with Crippen molar-refractivity contribution in [3.8, 4) is 0 Å². The van der Waals surface area contributed by atoms with Crippen molar-refractivity contribution in [3.63, 3.8) is 0 Å². The number of aromatic amines is 2. The highest BCUT2D eigenvalue weighted by Gasteiger charge is 2.21. The lowest BCUT2D eigenvalue weighted by Gasteiger charge is -2.21. The van der Waals surface area contributed by atoms with Crippen molar-refractivity contribution >= 4 is 46.1 Å². The fourth-order valence-corrected chi connectivity index (χ4v) is 3.81. The molecule has 168 valence electrons. The summed E-state index contributed by atoms with van der Waals surface area (Å²) < 4.78 is 0. The summed E-state index contributed by atoms with van der Waals surface area (Å²) in [7, 11) is 0. The summed E-state index contributed by atoms with van der Waals surface area (Å²) in [6.45, 7) is -0.491. The quantitative estimate of drug-likeness (QED) is 0.330. The van der Waals surface area contributed by atoms with E-state index in [1.165, 1.54) is 4.90 Å². The number of anilines is 2. The average Bonchev–Trinajstić information content (AvgIpc) is 3.19. The normalized spacial score (nSPS) is 10.9. The largest absolute Gasteiger partial charge is 0.480 e. The minimum absolute atomic E-state index is 0.0517. The molecule has 9 nitrogen and oxygen atoms in total. The zero-order valence-corrected chi connectivity index (χ0v) is 18.1. The number of nitrogen functional groups attached to an aromatic ring is 1. The molecule has 4 aromatic rings. The third-order valence-electron chi connectivity index (χ3n) is 5.18. The zero-order chi connectivity index (χ0) is 23.5. The monoisotopic (exact) mass is 465 g/mol. The molecule has 1 amide bonds. The number of nitrogens with zero attached hydrogens (tertiary/aromatic N) is 2. The highest BCUT2D eigenvalue weighted by Crippen LogP contribution is 2.22. The SMILES string of the molecule is Nc1nc2[nH]cc(CCc3ccc(C(=O)N(CC(=O)O)c4cccc(Cl)c4)cc3)c2c(=O)[nH]1. The van der Waals surface area contributed by atoms with Gasteiger partial charge in [0, 0.05) is 22.5 Å². The number of halogens is 1. The molecule has 2 aromatic heterocycles. The van der Waals surface area contributed by atoms with Crippen LogP contribution in [0, 0.1) is 0 Å². The second kappa shape index (κ2) is 9.17. The van der Waals surface area contributed by atoms with Gasteiger partial charge in [0.05, 0.1) is 5.39 Å². The Bertz CT molecular complexity index is 1390. The molecule has 5 N–H and O–H groups in total. The number of aryl methyl sites for hydroxylation is 2. The van der Waals surface area contributed by atoms with Gasteiger partial charge in [-0.1, -0.05) is 29.8 Å². The maximum Gasteiger partial charge on any atom is 0.323 e. The van der Waals surface area contributed by atoms with Crippen molar-refractivity contribution in [3.05, 3.63) is 86.8 Å². The van der Waals surface area contributed by atoms with Crippen LogP contribution in [0.1, 0.15) is 21.5 Å². The van der Waals surface area contributed by atoms with Gasteiger partial charge in [0.15, 0.2) is 0 Å². The van der Waals surface area contributed by atoms with E-state index in [9.17, 15) is 19.5 Å². The number of carboxylic acid groups (broad SMARTS) is 1. The Morgan fingerprint density at radius 3 is 2.58 bits per heavy atom. The Hall–Kier alpha value is -4.11. The maximum absolute atomic E-state index is 13.0. The molecule has 0 fully saturated rings. The van der Waals surface area contributed by atoms with Gasteiger partial charge in [-0.05, 0) is 54.3 Å². The lowest BCUT2D eigenvalue weighted by Crippen LogP contribution is -2.35. The lowest BCUT2D eigenvalue weighted by molar-refractivity contribution is -0.135. The average molecular weight is 466 g/mol.